The number of hydrogen-bond donors (Lipinski definition) is 0. The third kappa shape index (κ3) is 3.38. The van der Waals surface area contributed by atoms with Crippen LogP contribution in [-0.4, -0.2) is 39.8 Å². The minimum atomic E-state index is -0.183. The number of hydrogen-bond acceptors (Lipinski definition) is 4. The summed E-state index contributed by atoms with van der Waals surface area (Å²) in [7, 11) is 7.19. The Labute approximate surface area is 109 Å². The molecule has 0 bridgehead atoms. The molecule has 1 atom stereocenters. The Balaban J connectivity index is 3.02. The van der Waals surface area contributed by atoms with Crippen LogP contribution in [0.25, 0.3) is 0 Å². The van der Waals surface area contributed by atoms with E-state index in [1.165, 1.54) is 0 Å². The summed E-state index contributed by atoms with van der Waals surface area (Å²) in [4.78, 5) is 2.07. The van der Waals surface area contributed by atoms with Crippen molar-refractivity contribution in [3.05, 3.63) is 23.8 Å². The SMILES string of the molecule is COc1cccc(C(C#N)CCN(C)C)c1OC. The minimum absolute atomic E-state index is 0.183. The summed E-state index contributed by atoms with van der Waals surface area (Å²) in [5.74, 6) is 1.14. The average molecular weight is 248 g/mol. The van der Waals surface area contributed by atoms with Crippen LogP contribution < -0.4 is 9.47 Å². The van der Waals surface area contributed by atoms with Gasteiger partial charge in [-0.15, -0.1) is 0 Å². The average Bonchev–Trinajstić information content (AvgIpc) is 2.38. The highest BCUT2D eigenvalue weighted by Crippen LogP contribution is 2.36. The fraction of sp³-hybridized carbons (Fsp3) is 0.500. The van der Waals surface area contributed by atoms with Gasteiger partial charge in [0.25, 0.3) is 0 Å². The van der Waals surface area contributed by atoms with E-state index < -0.39 is 0 Å². The molecule has 98 valence electrons. The maximum Gasteiger partial charge on any atom is 0.165 e. The zero-order valence-corrected chi connectivity index (χ0v) is 11.4. The Morgan fingerprint density at radius 3 is 2.50 bits per heavy atom. The molecule has 0 spiro atoms. The van der Waals surface area contributed by atoms with E-state index in [1.54, 1.807) is 14.2 Å². The molecule has 1 aromatic rings. The van der Waals surface area contributed by atoms with Crippen LogP contribution in [0.4, 0.5) is 0 Å². The monoisotopic (exact) mass is 248 g/mol. The van der Waals surface area contributed by atoms with Gasteiger partial charge in [0.05, 0.1) is 26.2 Å². The van der Waals surface area contributed by atoms with Gasteiger partial charge in [0.15, 0.2) is 11.5 Å². The van der Waals surface area contributed by atoms with Gasteiger partial charge < -0.3 is 14.4 Å². The van der Waals surface area contributed by atoms with Gasteiger partial charge >= 0.3 is 0 Å². The highest BCUT2D eigenvalue weighted by atomic mass is 16.5. The van der Waals surface area contributed by atoms with E-state index in [1.807, 2.05) is 32.3 Å². The van der Waals surface area contributed by atoms with Crippen LogP contribution in [0.5, 0.6) is 11.5 Å². The molecule has 0 fully saturated rings. The van der Waals surface area contributed by atoms with Crippen LogP contribution in [0.1, 0.15) is 17.9 Å². The lowest BCUT2D eigenvalue weighted by molar-refractivity contribution is 0.347. The third-order valence-electron chi connectivity index (χ3n) is 2.83. The standard InChI is InChI=1S/C14H20N2O2/c1-16(2)9-8-11(10-15)12-6-5-7-13(17-3)14(12)18-4/h5-7,11H,8-9H2,1-4H3. The van der Waals surface area contributed by atoms with Crippen molar-refractivity contribution in [1.29, 1.82) is 5.26 Å². The van der Waals surface area contributed by atoms with Crippen molar-refractivity contribution < 1.29 is 9.47 Å². The Bertz CT molecular complexity index is 424. The van der Waals surface area contributed by atoms with Crippen LogP contribution in [-0.2, 0) is 0 Å². The van der Waals surface area contributed by atoms with Crippen molar-refractivity contribution in [2.45, 2.75) is 12.3 Å². The van der Waals surface area contributed by atoms with Crippen molar-refractivity contribution in [3.8, 4) is 17.6 Å². The number of rotatable bonds is 6. The van der Waals surface area contributed by atoms with Gasteiger partial charge in [-0.05, 0) is 33.1 Å². The normalized spacial score (nSPS) is 12.0. The van der Waals surface area contributed by atoms with E-state index in [2.05, 4.69) is 11.0 Å². The van der Waals surface area contributed by atoms with Gasteiger partial charge in [0, 0.05) is 5.56 Å². The quantitative estimate of drug-likeness (QED) is 0.774. The molecule has 1 unspecified atom stereocenters. The highest BCUT2D eigenvalue weighted by molar-refractivity contribution is 5.49. The lowest BCUT2D eigenvalue weighted by atomic mass is 9.95. The predicted octanol–water partition coefficient (Wildman–Crippen LogP) is 2.26. The number of ether oxygens (including phenoxy) is 2. The van der Waals surface area contributed by atoms with Crippen molar-refractivity contribution in [1.82, 2.24) is 4.90 Å². The molecule has 0 aliphatic heterocycles. The molecule has 4 heteroatoms. The maximum atomic E-state index is 9.31. The third-order valence-corrected chi connectivity index (χ3v) is 2.83. The fourth-order valence-electron chi connectivity index (χ4n) is 1.86. The van der Waals surface area contributed by atoms with E-state index in [0.717, 1.165) is 18.5 Å². The van der Waals surface area contributed by atoms with Crippen LogP contribution in [0.3, 0.4) is 0 Å². The first-order valence-electron chi connectivity index (χ1n) is 5.89. The van der Waals surface area contributed by atoms with Gasteiger partial charge in [-0.1, -0.05) is 12.1 Å². The van der Waals surface area contributed by atoms with E-state index >= 15 is 0 Å². The molecule has 0 radical (unpaired) electrons. The molecule has 0 N–H and O–H groups in total. The maximum absolute atomic E-state index is 9.31. The Morgan fingerprint density at radius 1 is 1.28 bits per heavy atom. The van der Waals surface area contributed by atoms with E-state index in [-0.39, 0.29) is 5.92 Å². The van der Waals surface area contributed by atoms with Gasteiger partial charge in [-0.2, -0.15) is 5.26 Å². The molecule has 18 heavy (non-hydrogen) atoms. The van der Waals surface area contributed by atoms with Crippen molar-refractivity contribution >= 4 is 0 Å². The zero-order chi connectivity index (χ0) is 13.5. The van der Waals surface area contributed by atoms with Crippen LogP contribution in [0, 0.1) is 11.3 Å². The van der Waals surface area contributed by atoms with Crippen LogP contribution in [0.2, 0.25) is 0 Å². The summed E-state index contributed by atoms with van der Waals surface area (Å²) < 4.78 is 10.6. The number of nitriles is 1. The van der Waals surface area contributed by atoms with E-state index in [9.17, 15) is 5.26 Å². The summed E-state index contributed by atoms with van der Waals surface area (Å²) in [5.41, 5.74) is 0.890. The Kier molecular flexibility index (Phi) is 5.47. The summed E-state index contributed by atoms with van der Waals surface area (Å²) in [6.45, 7) is 0.860. The number of methoxy groups -OCH3 is 2. The summed E-state index contributed by atoms with van der Waals surface area (Å²) in [6.07, 6.45) is 0.771. The van der Waals surface area contributed by atoms with Gasteiger partial charge in [0.1, 0.15) is 0 Å². The molecule has 0 aliphatic carbocycles. The van der Waals surface area contributed by atoms with Gasteiger partial charge in [-0.3, -0.25) is 0 Å². The number of benzene rings is 1. The molecule has 0 aliphatic rings. The molecule has 0 saturated carbocycles. The molecular formula is C14H20N2O2. The molecule has 0 aromatic heterocycles. The smallest absolute Gasteiger partial charge is 0.165 e. The number of nitrogens with zero attached hydrogens (tertiary/aromatic N) is 2. The van der Waals surface area contributed by atoms with Crippen LogP contribution >= 0.6 is 0 Å². The molecular weight excluding hydrogens is 228 g/mol. The van der Waals surface area contributed by atoms with Gasteiger partial charge in [-0.25, -0.2) is 0 Å². The summed E-state index contributed by atoms with van der Waals surface area (Å²) >= 11 is 0. The first kappa shape index (κ1) is 14.3. The van der Waals surface area contributed by atoms with Gasteiger partial charge in [0.2, 0.25) is 0 Å². The largest absolute Gasteiger partial charge is 0.493 e. The molecule has 1 rings (SSSR count). The summed E-state index contributed by atoms with van der Waals surface area (Å²) in [5, 5.41) is 9.31. The second kappa shape index (κ2) is 6.87. The predicted molar refractivity (Wildman–Crippen MR) is 71.1 cm³/mol. The lowest BCUT2D eigenvalue weighted by Gasteiger charge is -2.17. The van der Waals surface area contributed by atoms with Crippen molar-refractivity contribution in [2.24, 2.45) is 0 Å². The highest BCUT2D eigenvalue weighted by Gasteiger charge is 2.18. The molecule has 0 amide bonds. The molecule has 0 saturated heterocycles. The Morgan fingerprint density at radius 2 is 2.00 bits per heavy atom. The van der Waals surface area contributed by atoms with Crippen LogP contribution in [0.15, 0.2) is 18.2 Å². The first-order chi connectivity index (χ1) is 8.63. The first-order valence-corrected chi connectivity index (χ1v) is 5.89. The second-order valence-electron chi connectivity index (χ2n) is 4.36. The zero-order valence-electron chi connectivity index (χ0n) is 11.4. The van der Waals surface area contributed by atoms with E-state index in [0.29, 0.717) is 11.5 Å². The minimum Gasteiger partial charge on any atom is -0.493 e. The fourth-order valence-corrected chi connectivity index (χ4v) is 1.86. The number of para-hydroxylation sites is 1. The summed E-state index contributed by atoms with van der Waals surface area (Å²) in [6, 6.07) is 7.98. The van der Waals surface area contributed by atoms with E-state index in [4.69, 9.17) is 9.47 Å². The Hall–Kier alpha value is -1.73. The lowest BCUT2D eigenvalue weighted by Crippen LogP contribution is -2.15. The topological polar surface area (TPSA) is 45.5 Å². The molecule has 1 aromatic carbocycles. The van der Waals surface area contributed by atoms with Crippen molar-refractivity contribution in [3.63, 3.8) is 0 Å². The second-order valence-corrected chi connectivity index (χ2v) is 4.36. The molecule has 0 heterocycles. The van der Waals surface area contributed by atoms with Crippen molar-refractivity contribution in [2.75, 3.05) is 34.9 Å². The molecule has 4 nitrogen and oxygen atoms in total.